The third-order valence-electron chi connectivity index (χ3n) is 2.95. The van der Waals surface area contributed by atoms with Crippen molar-refractivity contribution in [2.75, 3.05) is 11.1 Å². The topological polar surface area (TPSA) is 38.0 Å². The number of aryl methyl sites for hydroxylation is 1. The predicted octanol–water partition coefficient (Wildman–Crippen LogP) is 4.51. The average Bonchev–Trinajstić information content (AvgIpc) is 2.33. The van der Waals surface area contributed by atoms with E-state index in [0.29, 0.717) is 0 Å². The second-order valence-corrected chi connectivity index (χ2v) is 5.42. The number of nitrogens with one attached hydrogen (secondary N) is 1. The van der Waals surface area contributed by atoms with Gasteiger partial charge in [-0.3, -0.25) is 0 Å². The second-order valence-electron chi connectivity index (χ2n) is 4.51. The van der Waals surface area contributed by atoms with Gasteiger partial charge < -0.3 is 11.1 Å². The van der Waals surface area contributed by atoms with E-state index in [1.54, 1.807) is 0 Å². The molecule has 0 fully saturated rings. The standard InChI is InChI=1S/C15H17BrN2/c1-10-3-8-15(14(17)9-10)18-11(2)12-4-6-13(16)7-5-12/h3-9,11,18H,17H2,1-2H3. The van der Waals surface area contributed by atoms with Crippen LogP contribution in [0.5, 0.6) is 0 Å². The molecular formula is C15H17BrN2. The summed E-state index contributed by atoms with van der Waals surface area (Å²) in [4.78, 5) is 0. The van der Waals surface area contributed by atoms with Crippen molar-refractivity contribution in [1.29, 1.82) is 0 Å². The molecule has 2 aromatic rings. The molecule has 0 aliphatic rings. The number of nitrogen functional groups attached to an aromatic ring is 1. The zero-order valence-electron chi connectivity index (χ0n) is 10.6. The Morgan fingerprint density at radius 1 is 1.11 bits per heavy atom. The lowest BCUT2D eigenvalue weighted by atomic mass is 10.1. The van der Waals surface area contributed by atoms with Gasteiger partial charge in [-0.15, -0.1) is 0 Å². The zero-order valence-corrected chi connectivity index (χ0v) is 12.2. The maximum atomic E-state index is 6.00. The molecule has 0 aliphatic carbocycles. The van der Waals surface area contributed by atoms with Crippen LogP contribution in [0.15, 0.2) is 46.9 Å². The number of nitrogens with two attached hydrogens (primary N) is 1. The van der Waals surface area contributed by atoms with Gasteiger partial charge in [0.25, 0.3) is 0 Å². The van der Waals surface area contributed by atoms with Gasteiger partial charge in [0.2, 0.25) is 0 Å². The molecule has 3 heteroatoms. The molecule has 2 rings (SSSR count). The number of rotatable bonds is 3. The Kier molecular flexibility index (Phi) is 3.92. The minimum absolute atomic E-state index is 0.225. The molecule has 0 radical (unpaired) electrons. The van der Waals surface area contributed by atoms with Gasteiger partial charge in [-0.25, -0.2) is 0 Å². The summed E-state index contributed by atoms with van der Waals surface area (Å²) < 4.78 is 1.09. The number of hydrogen-bond donors (Lipinski definition) is 2. The van der Waals surface area contributed by atoms with Crippen LogP contribution < -0.4 is 11.1 Å². The molecule has 1 atom stereocenters. The fraction of sp³-hybridized carbons (Fsp3) is 0.200. The van der Waals surface area contributed by atoms with Crippen LogP contribution in [0.25, 0.3) is 0 Å². The Labute approximate surface area is 116 Å². The zero-order chi connectivity index (χ0) is 13.1. The number of halogens is 1. The summed E-state index contributed by atoms with van der Waals surface area (Å²) in [5.74, 6) is 0. The number of anilines is 2. The minimum Gasteiger partial charge on any atom is -0.397 e. The van der Waals surface area contributed by atoms with Crippen LogP contribution in [0.1, 0.15) is 24.1 Å². The first-order valence-electron chi connectivity index (χ1n) is 5.94. The van der Waals surface area contributed by atoms with Gasteiger partial charge in [-0.2, -0.15) is 0 Å². The van der Waals surface area contributed by atoms with Gasteiger partial charge in [0.05, 0.1) is 11.4 Å². The molecule has 2 aromatic carbocycles. The van der Waals surface area contributed by atoms with Crippen LogP contribution in [0.3, 0.4) is 0 Å². The summed E-state index contributed by atoms with van der Waals surface area (Å²) in [6.45, 7) is 4.17. The van der Waals surface area contributed by atoms with E-state index >= 15 is 0 Å². The van der Waals surface area contributed by atoms with Gasteiger partial charge in [-0.05, 0) is 49.2 Å². The molecule has 3 N–H and O–H groups in total. The van der Waals surface area contributed by atoms with Crippen molar-refractivity contribution in [3.63, 3.8) is 0 Å². The average molecular weight is 305 g/mol. The van der Waals surface area contributed by atoms with E-state index in [0.717, 1.165) is 15.8 Å². The summed E-state index contributed by atoms with van der Waals surface area (Å²) in [5, 5.41) is 3.43. The molecule has 0 saturated heterocycles. The van der Waals surface area contributed by atoms with E-state index in [2.05, 4.69) is 46.4 Å². The molecule has 0 heterocycles. The lowest BCUT2D eigenvalue weighted by Gasteiger charge is -2.17. The second kappa shape index (κ2) is 5.44. The van der Waals surface area contributed by atoms with Crippen LogP contribution in [0, 0.1) is 6.92 Å². The van der Waals surface area contributed by atoms with E-state index in [9.17, 15) is 0 Å². The first-order valence-corrected chi connectivity index (χ1v) is 6.73. The van der Waals surface area contributed by atoms with Gasteiger partial charge in [0.1, 0.15) is 0 Å². The monoisotopic (exact) mass is 304 g/mol. The molecule has 0 bridgehead atoms. The lowest BCUT2D eigenvalue weighted by Crippen LogP contribution is -2.08. The maximum Gasteiger partial charge on any atom is 0.0578 e. The van der Waals surface area contributed by atoms with Crippen molar-refractivity contribution in [3.05, 3.63) is 58.1 Å². The van der Waals surface area contributed by atoms with Crippen LogP contribution in [-0.4, -0.2) is 0 Å². The predicted molar refractivity (Wildman–Crippen MR) is 81.8 cm³/mol. The SMILES string of the molecule is Cc1ccc(NC(C)c2ccc(Br)cc2)c(N)c1. The summed E-state index contributed by atoms with van der Waals surface area (Å²) in [6, 6.07) is 14.6. The van der Waals surface area contributed by atoms with Gasteiger partial charge in [0.15, 0.2) is 0 Å². The molecule has 0 saturated carbocycles. The summed E-state index contributed by atoms with van der Waals surface area (Å²) in [5.41, 5.74) is 10.2. The highest BCUT2D eigenvalue weighted by atomic mass is 79.9. The van der Waals surface area contributed by atoms with Crippen molar-refractivity contribution in [2.45, 2.75) is 19.9 Å². The summed E-state index contributed by atoms with van der Waals surface area (Å²) >= 11 is 3.44. The Morgan fingerprint density at radius 2 is 1.78 bits per heavy atom. The maximum absolute atomic E-state index is 6.00. The quantitative estimate of drug-likeness (QED) is 0.819. The third-order valence-corrected chi connectivity index (χ3v) is 3.48. The summed E-state index contributed by atoms with van der Waals surface area (Å²) in [7, 11) is 0. The molecular weight excluding hydrogens is 288 g/mol. The normalized spacial score (nSPS) is 12.2. The Morgan fingerprint density at radius 3 is 2.39 bits per heavy atom. The molecule has 1 unspecified atom stereocenters. The summed E-state index contributed by atoms with van der Waals surface area (Å²) in [6.07, 6.45) is 0. The van der Waals surface area contributed by atoms with Crippen LogP contribution >= 0.6 is 15.9 Å². The first-order chi connectivity index (χ1) is 8.56. The fourth-order valence-corrected chi connectivity index (χ4v) is 2.15. The molecule has 0 aliphatic heterocycles. The van der Waals surface area contributed by atoms with Gasteiger partial charge in [0, 0.05) is 10.5 Å². The highest BCUT2D eigenvalue weighted by Gasteiger charge is 2.07. The third kappa shape index (κ3) is 3.05. The molecule has 0 amide bonds. The largest absolute Gasteiger partial charge is 0.397 e. The lowest BCUT2D eigenvalue weighted by molar-refractivity contribution is 0.885. The number of benzene rings is 2. The van der Waals surface area contributed by atoms with Crippen molar-refractivity contribution in [3.8, 4) is 0 Å². The van der Waals surface area contributed by atoms with Crippen LogP contribution in [0.4, 0.5) is 11.4 Å². The van der Waals surface area contributed by atoms with E-state index in [1.807, 2.05) is 31.2 Å². The molecule has 0 spiro atoms. The van der Waals surface area contributed by atoms with Crippen molar-refractivity contribution >= 4 is 27.3 Å². The minimum atomic E-state index is 0.225. The van der Waals surface area contributed by atoms with E-state index in [4.69, 9.17) is 5.73 Å². The highest BCUT2D eigenvalue weighted by Crippen LogP contribution is 2.25. The Hall–Kier alpha value is -1.48. The number of hydrogen-bond acceptors (Lipinski definition) is 2. The smallest absolute Gasteiger partial charge is 0.0578 e. The van der Waals surface area contributed by atoms with E-state index < -0.39 is 0 Å². The van der Waals surface area contributed by atoms with Crippen molar-refractivity contribution in [1.82, 2.24) is 0 Å². The van der Waals surface area contributed by atoms with Crippen molar-refractivity contribution < 1.29 is 0 Å². The first kappa shape index (κ1) is 13.0. The molecule has 2 nitrogen and oxygen atoms in total. The Balaban J connectivity index is 2.15. The van der Waals surface area contributed by atoms with Crippen LogP contribution in [-0.2, 0) is 0 Å². The van der Waals surface area contributed by atoms with Crippen LogP contribution in [0.2, 0.25) is 0 Å². The molecule has 0 aromatic heterocycles. The Bertz CT molecular complexity index is 535. The van der Waals surface area contributed by atoms with E-state index in [-0.39, 0.29) is 6.04 Å². The molecule has 18 heavy (non-hydrogen) atoms. The highest BCUT2D eigenvalue weighted by molar-refractivity contribution is 9.10. The van der Waals surface area contributed by atoms with Gasteiger partial charge in [-0.1, -0.05) is 34.1 Å². The molecule has 94 valence electrons. The fourth-order valence-electron chi connectivity index (χ4n) is 1.88. The van der Waals surface area contributed by atoms with E-state index in [1.165, 1.54) is 11.1 Å². The van der Waals surface area contributed by atoms with Crippen molar-refractivity contribution in [2.24, 2.45) is 0 Å². The van der Waals surface area contributed by atoms with Gasteiger partial charge >= 0.3 is 0 Å².